The van der Waals surface area contributed by atoms with Crippen molar-refractivity contribution in [3.63, 3.8) is 0 Å². The number of ether oxygens (including phenoxy) is 1. The summed E-state index contributed by atoms with van der Waals surface area (Å²) in [7, 11) is 2.09. The van der Waals surface area contributed by atoms with E-state index in [0.717, 1.165) is 48.9 Å². The fraction of sp³-hybridized carbons (Fsp3) is 0.280. The molecule has 3 aliphatic rings. The van der Waals surface area contributed by atoms with Crippen molar-refractivity contribution >= 4 is 17.3 Å². The second-order valence-electron chi connectivity index (χ2n) is 8.03. The number of hydrogen-bond acceptors (Lipinski definition) is 4. The molecule has 0 radical (unpaired) electrons. The molecule has 2 atom stereocenters. The van der Waals surface area contributed by atoms with Crippen LogP contribution in [0.2, 0.25) is 0 Å². The van der Waals surface area contributed by atoms with E-state index in [9.17, 15) is 4.79 Å². The molecule has 1 amide bonds. The van der Waals surface area contributed by atoms with E-state index in [1.165, 1.54) is 0 Å². The molecule has 1 aliphatic carbocycles. The highest BCUT2D eigenvalue weighted by Crippen LogP contribution is 2.41. The summed E-state index contributed by atoms with van der Waals surface area (Å²) in [5.74, 6) is 0.888. The number of fused-ring (bicyclic) bond motifs is 2. The second-order valence-corrected chi connectivity index (χ2v) is 8.03. The lowest BCUT2D eigenvalue weighted by atomic mass is 9.83. The number of aliphatic imine (C=N–C) groups is 1. The van der Waals surface area contributed by atoms with Crippen molar-refractivity contribution in [2.75, 3.05) is 33.2 Å². The topological polar surface area (TPSA) is 45.1 Å². The molecule has 152 valence electrons. The van der Waals surface area contributed by atoms with E-state index in [4.69, 9.17) is 9.73 Å². The summed E-state index contributed by atoms with van der Waals surface area (Å²) in [6.45, 7) is 3.34. The van der Waals surface area contributed by atoms with Crippen molar-refractivity contribution in [3.8, 4) is 5.75 Å². The van der Waals surface area contributed by atoms with Gasteiger partial charge in [-0.2, -0.15) is 0 Å². The number of rotatable bonds is 3. The molecule has 0 spiro atoms. The SMILES string of the molecule is CN1CCN(C(=O)C2=CC3=Nc4ccccc4C(Oc4ccccc4)C3C=C2)CC1. The van der Waals surface area contributed by atoms with Crippen LogP contribution in [0, 0.1) is 5.92 Å². The van der Waals surface area contributed by atoms with Crippen molar-refractivity contribution in [1.29, 1.82) is 0 Å². The zero-order valence-electron chi connectivity index (χ0n) is 17.1. The van der Waals surface area contributed by atoms with Gasteiger partial charge in [0.25, 0.3) is 5.91 Å². The number of benzene rings is 2. The molecule has 5 nitrogen and oxygen atoms in total. The van der Waals surface area contributed by atoms with Crippen LogP contribution in [-0.4, -0.2) is 54.6 Å². The zero-order chi connectivity index (χ0) is 20.5. The van der Waals surface area contributed by atoms with Gasteiger partial charge in [0, 0.05) is 37.3 Å². The van der Waals surface area contributed by atoms with Crippen LogP contribution in [0.15, 0.2) is 83.4 Å². The fourth-order valence-electron chi connectivity index (χ4n) is 4.24. The van der Waals surface area contributed by atoms with Crippen molar-refractivity contribution in [2.45, 2.75) is 6.10 Å². The van der Waals surface area contributed by atoms with Crippen LogP contribution < -0.4 is 4.74 Å². The van der Waals surface area contributed by atoms with Gasteiger partial charge in [0.05, 0.1) is 17.3 Å². The molecule has 0 saturated carbocycles. The first kappa shape index (κ1) is 18.8. The van der Waals surface area contributed by atoms with Gasteiger partial charge < -0.3 is 14.5 Å². The lowest BCUT2D eigenvalue weighted by Gasteiger charge is -2.35. The Labute approximate surface area is 177 Å². The Hall–Kier alpha value is -3.18. The van der Waals surface area contributed by atoms with Crippen molar-refractivity contribution in [3.05, 3.63) is 84.0 Å². The Morgan fingerprint density at radius 2 is 1.73 bits per heavy atom. The smallest absolute Gasteiger partial charge is 0.253 e. The molecule has 2 aromatic rings. The molecule has 30 heavy (non-hydrogen) atoms. The first-order chi connectivity index (χ1) is 14.7. The highest BCUT2D eigenvalue weighted by molar-refractivity contribution is 6.10. The minimum absolute atomic E-state index is 0.0239. The molecule has 5 heteroatoms. The highest BCUT2D eigenvalue weighted by Gasteiger charge is 2.35. The van der Waals surface area contributed by atoms with Gasteiger partial charge in [-0.15, -0.1) is 0 Å². The standard InChI is InChI=1S/C25H25N3O2/c1-27-13-15-28(16-14-27)25(29)18-11-12-21-23(17-18)26-22-10-6-5-9-20(22)24(21)30-19-7-3-2-4-8-19/h2-12,17,21,24H,13-16H2,1H3. The van der Waals surface area contributed by atoms with Gasteiger partial charge in [-0.1, -0.05) is 48.6 Å². The number of hydrogen-bond donors (Lipinski definition) is 0. The van der Waals surface area contributed by atoms with E-state index in [1.54, 1.807) is 0 Å². The molecule has 2 unspecified atom stereocenters. The summed E-state index contributed by atoms with van der Waals surface area (Å²) in [6.07, 6.45) is 5.79. The van der Waals surface area contributed by atoms with Crippen molar-refractivity contribution < 1.29 is 9.53 Å². The second kappa shape index (κ2) is 7.92. The zero-order valence-corrected chi connectivity index (χ0v) is 17.1. The number of para-hydroxylation sites is 2. The predicted molar refractivity (Wildman–Crippen MR) is 118 cm³/mol. The molecule has 2 aromatic carbocycles. The van der Waals surface area contributed by atoms with Gasteiger partial charge >= 0.3 is 0 Å². The number of piperazine rings is 1. The maximum absolute atomic E-state index is 13.1. The average Bonchev–Trinajstić information content (AvgIpc) is 2.79. The van der Waals surface area contributed by atoms with Crippen LogP contribution >= 0.6 is 0 Å². The van der Waals surface area contributed by atoms with Gasteiger partial charge in [0.15, 0.2) is 0 Å². The van der Waals surface area contributed by atoms with Gasteiger partial charge in [-0.25, -0.2) is 0 Å². The summed E-state index contributed by atoms with van der Waals surface area (Å²) in [5, 5.41) is 0. The summed E-state index contributed by atoms with van der Waals surface area (Å²) in [5.41, 5.74) is 3.56. The quantitative estimate of drug-likeness (QED) is 0.789. The Bertz CT molecular complexity index is 1030. The lowest BCUT2D eigenvalue weighted by molar-refractivity contribution is -0.128. The molecule has 2 aliphatic heterocycles. The third-order valence-corrected chi connectivity index (χ3v) is 5.99. The maximum Gasteiger partial charge on any atom is 0.253 e. The van der Waals surface area contributed by atoms with Crippen molar-refractivity contribution in [2.24, 2.45) is 10.9 Å². The first-order valence-corrected chi connectivity index (χ1v) is 10.5. The van der Waals surface area contributed by atoms with Crippen LogP contribution in [0.5, 0.6) is 5.75 Å². The summed E-state index contributed by atoms with van der Waals surface area (Å²) in [4.78, 5) is 22.1. The monoisotopic (exact) mass is 399 g/mol. The minimum Gasteiger partial charge on any atom is -0.485 e. The molecular formula is C25H25N3O2. The molecule has 5 rings (SSSR count). The Kier molecular flexibility index (Phi) is 4.97. The maximum atomic E-state index is 13.1. The number of allylic oxidation sites excluding steroid dienone is 1. The summed E-state index contributed by atoms with van der Waals surface area (Å²) < 4.78 is 6.41. The van der Waals surface area contributed by atoms with Gasteiger partial charge in [0.1, 0.15) is 11.9 Å². The third kappa shape index (κ3) is 3.57. The molecule has 2 heterocycles. The summed E-state index contributed by atoms with van der Waals surface area (Å²) in [6, 6.07) is 18.0. The van der Waals surface area contributed by atoms with E-state index in [-0.39, 0.29) is 17.9 Å². The van der Waals surface area contributed by atoms with Gasteiger partial charge in [0.2, 0.25) is 0 Å². The largest absolute Gasteiger partial charge is 0.485 e. The number of carbonyl (C=O) groups excluding carboxylic acids is 1. The van der Waals surface area contributed by atoms with Gasteiger partial charge in [-0.3, -0.25) is 9.79 Å². The number of nitrogens with zero attached hydrogens (tertiary/aromatic N) is 3. The van der Waals surface area contributed by atoms with Crippen LogP contribution in [-0.2, 0) is 4.79 Å². The number of amides is 1. The van der Waals surface area contributed by atoms with E-state index < -0.39 is 0 Å². The van der Waals surface area contributed by atoms with Crippen molar-refractivity contribution in [1.82, 2.24) is 9.80 Å². The van der Waals surface area contributed by atoms with E-state index >= 15 is 0 Å². The first-order valence-electron chi connectivity index (χ1n) is 10.5. The fourth-order valence-corrected chi connectivity index (χ4v) is 4.24. The number of likely N-dealkylation sites (N-methyl/N-ethyl adjacent to an activating group) is 1. The minimum atomic E-state index is -0.177. The van der Waals surface area contributed by atoms with Gasteiger partial charge in [-0.05, 0) is 31.3 Å². The third-order valence-electron chi connectivity index (χ3n) is 5.99. The Balaban J connectivity index is 1.45. The lowest BCUT2D eigenvalue weighted by Crippen LogP contribution is -2.47. The van der Waals surface area contributed by atoms with Crippen LogP contribution in [0.3, 0.4) is 0 Å². The molecule has 1 fully saturated rings. The van der Waals surface area contributed by atoms with E-state index in [1.807, 2.05) is 65.6 Å². The molecule has 0 N–H and O–H groups in total. The molecule has 0 aromatic heterocycles. The van der Waals surface area contributed by atoms with Crippen LogP contribution in [0.1, 0.15) is 11.7 Å². The average molecular weight is 399 g/mol. The summed E-state index contributed by atoms with van der Waals surface area (Å²) >= 11 is 0. The highest BCUT2D eigenvalue weighted by atomic mass is 16.5. The molecular weight excluding hydrogens is 374 g/mol. The van der Waals surface area contributed by atoms with E-state index in [0.29, 0.717) is 5.57 Å². The van der Waals surface area contributed by atoms with E-state index in [2.05, 4.69) is 24.1 Å². The van der Waals surface area contributed by atoms with Crippen LogP contribution in [0.4, 0.5) is 5.69 Å². The predicted octanol–water partition coefficient (Wildman–Crippen LogP) is 3.78. The molecule has 0 bridgehead atoms. The number of carbonyl (C=O) groups is 1. The Morgan fingerprint density at radius 3 is 2.53 bits per heavy atom. The Morgan fingerprint density at radius 1 is 1.00 bits per heavy atom. The molecule has 1 saturated heterocycles. The normalized spacial score (nSPS) is 23.2. The van der Waals surface area contributed by atoms with Crippen LogP contribution in [0.25, 0.3) is 0 Å².